The maximum atomic E-state index is 13.3. The van der Waals surface area contributed by atoms with Crippen LogP contribution < -0.4 is 5.32 Å². The van der Waals surface area contributed by atoms with Gasteiger partial charge in [0.2, 0.25) is 11.7 Å². The van der Waals surface area contributed by atoms with E-state index in [1.807, 2.05) is 13.0 Å². The number of esters is 1. The highest BCUT2D eigenvalue weighted by Gasteiger charge is 2.68. The minimum absolute atomic E-state index is 0.0119. The van der Waals surface area contributed by atoms with Crippen LogP contribution in [0.15, 0.2) is 46.6 Å². The maximum absolute atomic E-state index is 13.3. The molecule has 5 rings (SSSR count). The van der Waals surface area contributed by atoms with Gasteiger partial charge in [-0.3, -0.25) is 19.2 Å². The molecule has 0 unspecified atom stereocenters. The average molecular weight is 540 g/mol. The first-order chi connectivity index (χ1) is 18.5. The molecule has 1 heterocycles. The summed E-state index contributed by atoms with van der Waals surface area (Å²) >= 11 is 0. The molecule has 0 radical (unpaired) electrons. The van der Waals surface area contributed by atoms with Crippen molar-refractivity contribution in [3.63, 3.8) is 0 Å². The van der Waals surface area contributed by atoms with E-state index in [0.29, 0.717) is 12.2 Å². The molecule has 1 amide bonds. The summed E-state index contributed by atoms with van der Waals surface area (Å²) in [5.41, 5.74) is -1.97. The number of hydrogen-bond acceptors (Lipinski definition) is 8. The summed E-state index contributed by atoms with van der Waals surface area (Å²) in [6.45, 7) is 3.59. The predicted octanol–water partition coefficient (Wildman–Crippen LogP) is 2.80. The highest BCUT2D eigenvalue weighted by atomic mass is 16.5. The summed E-state index contributed by atoms with van der Waals surface area (Å²) in [7, 11) is 0. The number of hydrogen-bond donors (Lipinski definition) is 3. The van der Waals surface area contributed by atoms with Crippen LogP contribution in [-0.2, 0) is 30.5 Å². The van der Waals surface area contributed by atoms with Crippen LogP contribution in [0.2, 0.25) is 0 Å². The zero-order valence-corrected chi connectivity index (χ0v) is 22.5. The molecule has 0 bridgehead atoms. The molecule has 4 aliphatic carbocycles. The van der Waals surface area contributed by atoms with Gasteiger partial charge in [0.1, 0.15) is 11.4 Å². The first-order valence-electron chi connectivity index (χ1n) is 13.8. The van der Waals surface area contributed by atoms with E-state index in [-0.39, 0.29) is 61.7 Å². The van der Waals surface area contributed by atoms with Crippen LogP contribution in [0.3, 0.4) is 0 Å². The van der Waals surface area contributed by atoms with Gasteiger partial charge in [0, 0.05) is 23.2 Å². The molecule has 0 aromatic carbocycles. The van der Waals surface area contributed by atoms with Crippen molar-refractivity contribution < 1.29 is 38.5 Å². The zero-order valence-electron chi connectivity index (χ0n) is 22.5. The van der Waals surface area contributed by atoms with Crippen molar-refractivity contribution in [3.05, 3.63) is 48.0 Å². The Bertz CT molecular complexity index is 1220. The van der Waals surface area contributed by atoms with Gasteiger partial charge in [-0.2, -0.15) is 0 Å². The largest absolute Gasteiger partial charge is 0.467 e. The Morgan fingerprint density at radius 3 is 2.74 bits per heavy atom. The van der Waals surface area contributed by atoms with E-state index in [4.69, 9.17) is 9.15 Å². The Morgan fingerprint density at radius 1 is 1.21 bits per heavy atom. The second kappa shape index (κ2) is 10.2. The van der Waals surface area contributed by atoms with E-state index in [1.165, 1.54) is 6.26 Å². The molecule has 4 aliphatic rings. The zero-order chi connectivity index (χ0) is 28.0. The van der Waals surface area contributed by atoms with Crippen molar-refractivity contribution in [2.75, 3.05) is 6.61 Å². The Labute approximate surface area is 227 Å². The predicted molar refractivity (Wildman–Crippen MR) is 139 cm³/mol. The number of carbonyl (C=O) groups is 4. The Morgan fingerprint density at radius 2 is 2.00 bits per heavy atom. The molecule has 1 aromatic heterocycles. The summed E-state index contributed by atoms with van der Waals surface area (Å²) in [4.78, 5) is 49.6. The lowest BCUT2D eigenvalue weighted by molar-refractivity contribution is -0.181. The monoisotopic (exact) mass is 539 g/mol. The summed E-state index contributed by atoms with van der Waals surface area (Å²) in [6, 6.07) is 3.44. The number of carbonyl (C=O) groups excluding carboxylic acids is 4. The van der Waals surface area contributed by atoms with Crippen LogP contribution in [0.4, 0.5) is 0 Å². The summed E-state index contributed by atoms with van der Waals surface area (Å²) in [6.07, 6.45) is 8.30. The molecule has 3 saturated carbocycles. The summed E-state index contributed by atoms with van der Waals surface area (Å²) in [5, 5.41) is 25.8. The third kappa shape index (κ3) is 4.69. The molecule has 39 heavy (non-hydrogen) atoms. The van der Waals surface area contributed by atoms with Crippen molar-refractivity contribution in [2.45, 2.75) is 77.0 Å². The first kappa shape index (κ1) is 27.5. The number of amides is 1. The minimum atomic E-state index is -1.72. The van der Waals surface area contributed by atoms with Crippen molar-refractivity contribution in [1.29, 1.82) is 0 Å². The number of allylic oxidation sites excluding steroid dienone is 4. The van der Waals surface area contributed by atoms with Gasteiger partial charge >= 0.3 is 5.97 Å². The molecular weight excluding hydrogens is 502 g/mol. The Balaban J connectivity index is 1.19. The maximum Gasteiger partial charge on any atom is 0.306 e. The molecule has 9 heteroatoms. The molecule has 3 fully saturated rings. The van der Waals surface area contributed by atoms with Crippen LogP contribution in [0.5, 0.6) is 0 Å². The second-order valence-electron chi connectivity index (χ2n) is 12.1. The van der Waals surface area contributed by atoms with Gasteiger partial charge in [-0.1, -0.05) is 25.5 Å². The normalized spacial score (nSPS) is 36.8. The van der Waals surface area contributed by atoms with Gasteiger partial charge in [0.25, 0.3) is 0 Å². The molecule has 0 saturated heterocycles. The van der Waals surface area contributed by atoms with E-state index >= 15 is 0 Å². The lowest BCUT2D eigenvalue weighted by Crippen LogP contribution is -2.61. The number of aliphatic hydroxyl groups is 2. The van der Waals surface area contributed by atoms with E-state index in [1.54, 1.807) is 24.3 Å². The molecule has 210 valence electrons. The summed E-state index contributed by atoms with van der Waals surface area (Å²) < 4.78 is 10.3. The lowest BCUT2D eigenvalue weighted by atomic mass is 9.46. The molecule has 0 spiro atoms. The van der Waals surface area contributed by atoms with Crippen LogP contribution >= 0.6 is 0 Å². The molecule has 7 atom stereocenters. The van der Waals surface area contributed by atoms with Gasteiger partial charge in [-0.05, 0) is 68.2 Å². The van der Waals surface area contributed by atoms with Crippen molar-refractivity contribution in [1.82, 2.24) is 5.32 Å². The van der Waals surface area contributed by atoms with E-state index in [9.17, 15) is 29.4 Å². The van der Waals surface area contributed by atoms with Gasteiger partial charge in [-0.25, -0.2) is 0 Å². The fourth-order valence-electron chi connectivity index (χ4n) is 8.03. The molecular formula is C30H37NO8. The first-order valence-corrected chi connectivity index (χ1v) is 13.8. The third-order valence-corrected chi connectivity index (χ3v) is 10.1. The SMILES string of the molecule is C[C@]12C=CC(=O)C=C1CC[C@@H]1[C@@H]2[C@H](O)C[C@@]2(C)[C@H]1CC[C@@]2(O)C(=O)COC(=O)CCC(=O)NCc1ccco1. The summed E-state index contributed by atoms with van der Waals surface area (Å²) in [5.74, 6) is -1.05. The smallest absolute Gasteiger partial charge is 0.306 e. The van der Waals surface area contributed by atoms with Crippen LogP contribution in [0.25, 0.3) is 0 Å². The Hall–Kier alpha value is -3.04. The molecule has 1 aromatic rings. The fourth-order valence-corrected chi connectivity index (χ4v) is 8.03. The number of fused-ring (bicyclic) bond motifs is 5. The number of Topliss-reactive ketones (excluding diaryl/α,β-unsaturated/α-hetero) is 1. The van der Waals surface area contributed by atoms with Gasteiger partial charge in [0.15, 0.2) is 12.4 Å². The number of rotatable bonds is 8. The number of nitrogens with one attached hydrogen (secondary N) is 1. The Kier molecular flexibility index (Phi) is 7.18. The molecule has 0 aliphatic heterocycles. The van der Waals surface area contributed by atoms with Gasteiger partial charge < -0.3 is 24.7 Å². The van der Waals surface area contributed by atoms with E-state index < -0.39 is 40.9 Å². The standard InChI is InChI=1S/C30H37NO8/c1-28-11-9-19(32)14-18(28)5-6-21-22-10-12-30(37,29(22,2)15-23(33)27(21)28)24(34)17-39-26(36)8-7-25(35)31-16-20-4-3-13-38-20/h3-4,9,11,13-14,21-23,27,33,37H,5-8,10,12,15-17H2,1-2H3,(H,31,35)/t21-,22-,23+,27+,28-,29-,30+/m0/s1. The van der Waals surface area contributed by atoms with Crippen LogP contribution in [-0.4, -0.2) is 52.0 Å². The number of ketones is 2. The minimum Gasteiger partial charge on any atom is -0.467 e. The number of aliphatic hydroxyl groups excluding tert-OH is 1. The van der Waals surface area contributed by atoms with Crippen molar-refractivity contribution >= 4 is 23.4 Å². The number of ether oxygens (including phenoxy) is 1. The lowest BCUT2D eigenvalue weighted by Gasteiger charge is -2.59. The highest BCUT2D eigenvalue weighted by Crippen LogP contribution is 2.67. The second-order valence-corrected chi connectivity index (χ2v) is 12.1. The van der Waals surface area contributed by atoms with Crippen LogP contribution in [0.1, 0.15) is 64.6 Å². The topological polar surface area (TPSA) is 143 Å². The van der Waals surface area contributed by atoms with E-state index in [0.717, 1.165) is 18.4 Å². The third-order valence-electron chi connectivity index (χ3n) is 10.1. The van der Waals surface area contributed by atoms with Gasteiger partial charge in [-0.15, -0.1) is 0 Å². The van der Waals surface area contributed by atoms with Crippen molar-refractivity contribution in [3.8, 4) is 0 Å². The highest BCUT2D eigenvalue weighted by molar-refractivity contribution is 6.01. The fraction of sp³-hybridized carbons (Fsp3) is 0.600. The number of furan rings is 1. The quantitative estimate of drug-likeness (QED) is 0.428. The van der Waals surface area contributed by atoms with E-state index in [2.05, 4.69) is 12.2 Å². The van der Waals surface area contributed by atoms with Crippen LogP contribution in [0, 0.1) is 28.6 Å². The van der Waals surface area contributed by atoms with Gasteiger partial charge in [0.05, 0.1) is 25.3 Å². The van der Waals surface area contributed by atoms with Crippen molar-refractivity contribution in [2.24, 2.45) is 28.6 Å². The molecule has 3 N–H and O–H groups in total. The average Bonchev–Trinajstić information content (AvgIpc) is 3.51. The molecule has 9 nitrogen and oxygen atoms in total.